The van der Waals surface area contributed by atoms with Gasteiger partial charge in [-0.15, -0.1) is 0 Å². The van der Waals surface area contributed by atoms with Crippen molar-refractivity contribution in [2.24, 2.45) is 0 Å². The Morgan fingerprint density at radius 1 is 1.30 bits per heavy atom. The van der Waals surface area contributed by atoms with E-state index in [4.69, 9.17) is 4.74 Å². The molecule has 1 aliphatic heterocycles. The van der Waals surface area contributed by atoms with Gasteiger partial charge in [-0.05, 0) is 0 Å². The molecule has 0 aliphatic carbocycles. The van der Waals surface area contributed by atoms with E-state index in [1.165, 1.54) is 33.4 Å². The van der Waals surface area contributed by atoms with Gasteiger partial charge in [0.05, 0.1) is 0 Å². The van der Waals surface area contributed by atoms with E-state index < -0.39 is 19.8 Å². The molecule has 0 saturated carbocycles. The summed E-state index contributed by atoms with van der Waals surface area (Å²) in [6.45, 7) is 0. The summed E-state index contributed by atoms with van der Waals surface area (Å²) >= 11 is -1.08. The van der Waals surface area contributed by atoms with Gasteiger partial charge in [0.25, 0.3) is 0 Å². The van der Waals surface area contributed by atoms with Gasteiger partial charge < -0.3 is 0 Å². The number of ether oxygens (including phenoxy) is 1. The fraction of sp³-hybridized carbons (Fsp3) is 0.353. The number of hydrogen-bond acceptors (Lipinski definition) is 2. The van der Waals surface area contributed by atoms with Crippen LogP contribution in [-0.2, 0) is 20.4 Å². The summed E-state index contributed by atoms with van der Waals surface area (Å²) in [5, 5.41) is 2.67. The van der Waals surface area contributed by atoms with E-state index in [1.807, 2.05) is 0 Å². The minimum atomic E-state index is -1.08. The van der Waals surface area contributed by atoms with Gasteiger partial charge in [-0.1, -0.05) is 0 Å². The molecule has 2 aromatic rings. The van der Waals surface area contributed by atoms with Crippen LogP contribution in [0.3, 0.4) is 0 Å². The molecule has 0 fully saturated rings. The van der Waals surface area contributed by atoms with E-state index in [1.54, 1.807) is 0 Å². The van der Waals surface area contributed by atoms with Crippen LogP contribution in [0.2, 0.25) is 0 Å². The van der Waals surface area contributed by atoms with Crippen LogP contribution in [-0.4, -0.2) is 21.9 Å². The summed E-state index contributed by atoms with van der Waals surface area (Å²) in [6.07, 6.45) is 1.65. The summed E-state index contributed by atoms with van der Waals surface area (Å²) in [4.78, 5) is 14.0. The number of carbonyl (C=O) groups is 1. The molecule has 0 spiro atoms. The number of esters is 1. The van der Waals surface area contributed by atoms with E-state index in [2.05, 4.69) is 41.3 Å². The van der Waals surface area contributed by atoms with Crippen LogP contribution < -0.4 is 0 Å². The summed E-state index contributed by atoms with van der Waals surface area (Å²) in [5.74, 6) is -0.0529. The van der Waals surface area contributed by atoms with Gasteiger partial charge in [0, 0.05) is 0 Å². The first-order valence-corrected chi connectivity index (χ1v) is 11.7. The average molecular weight is 382 g/mol. The van der Waals surface area contributed by atoms with Gasteiger partial charge in [-0.2, -0.15) is 0 Å². The van der Waals surface area contributed by atoms with Gasteiger partial charge in [-0.25, -0.2) is 0 Å². The normalized spacial score (nSPS) is 19.7. The molecule has 0 aromatic heterocycles. The summed E-state index contributed by atoms with van der Waals surface area (Å²) < 4.78 is 6.62. The summed E-state index contributed by atoms with van der Waals surface area (Å²) in [5.41, 5.74) is 2.98. The Hall–Kier alpha value is -1.10. The third-order valence-electron chi connectivity index (χ3n) is 4.06. The molecule has 3 heteroatoms. The van der Waals surface area contributed by atoms with Gasteiger partial charge in [0.1, 0.15) is 0 Å². The summed E-state index contributed by atoms with van der Waals surface area (Å²) in [6, 6.07) is 13.1. The maximum absolute atomic E-state index is 11.6. The first kappa shape index (κ1) is 13.9. The van der Waals surface area contributed by atoms with Crippen molar-refractivity contribution in [2.45, 2.75) is 21.2 Å². The van der Waals surface area contributed by atoms with Crippen molar-refractivity contribution in [3.63, 3.8) is 0 Å². The Kier molecular flexibility index (Phi) is 3.96. The fourth-order valence-corrected chi connectivity index (χ4v) is 7.84. The van der Waals surface area contributed by atoms with E-state index in [9.17, 15) is 4.79 Å². The molecule has 1 aliphatic rings. The quantitative estimate of drug-likeness (QED) is 0.447. The van der Waals surface area contributed by atoms with Crippen LogP contribution in [0.25, 0.3) is 10.8 Å². The van der Waals surface area contributed by atoms with Crippen LogP contribution in [0, 0.1) is 0 Å². The van der Waals surface area contributed by atoms with Crippen molar-refractivity contribution < 1.29 is 9.53 Å². The zero-order valence-electron chi connectivity index (χ0n) is 11.9. The molecule has 20 heavy (non-hydrogen) atoms. The SMILES string of the molecule is COC(=O)CC1Cc2c(ccc3ccccc23)CI1C. The predicted octanol–water partition coefficient (Wildman–Crippen LogP) is 3.96. The minimum absolute atomic E-state index is 0.0529. The van der Waals surface area contributed by atoms with E-state index in [0.717, 1.165) is 6.42 Å². The zero-order chi connectivity index (χ0) is 14.1. The van der Waals surface area contributed by atoms with Crippen molar-refractivity contribution in [3.05, 3.63) is 47.5 Å². The second-order valence-electron chi connectivity index (χ2n) is 5.28. The number of fused-ring (bicyclic) bond motifs is 3. The van der Waals surface area contributed by atoms with Gasteiger partial charge >= 0.3 is 127 Å². The van der Waals surface area contributed by atoms with E-state index in [-0.39, 0.29) is 5.97 Å². The first-order chi connectivity index (χ1) is 9.69. The predicted molar refractivity (Wildman–Crippen MR) is 91.7 cm³/mol. The molecule has 3 rings (SSSR count). The van der Waals surface area contributed by atoms with Crippen LogP contribution in [0.5, 0.6) is 0 Å². The number of hydrogen-bond donors (Lipinski definition) is 0. The Morgan fingerprint density at radius 2 is 2.10 bits per heavy atom. The van der Waals surface area contributed by atoms with Crippen molar-refractivity contribution in [3.8, 4) is 0 Å². The molecule has 0 saturated heterocycles. The van der Waals surface area contributed by atoms with Crippen LogP contribution >= 0.6 is 19.8 Å². The second kappa shape index (κ2) is 5.72. The van der Waals surface area contributed by atoms with Crippen LogP contribution in [0.1, 0.15) is 17.5 Å². The Bertz CT molecular complexity index is 650. The molecule has 0 radical (unpaired) electrons. The first-order valence-electron chi connectivity index (χ1n) is 6.80. The molecule has 0 amide bonds. The van der Waals surface area contributed by atoms with Crippen molar-refractivity contribution in [1.29, 1.82) is 0 Å². The summed E-state index contributed by atoms with van der Waals surface area (Å²) in [7, 11) is 1.49. The molecule has 2 nitrogen and oxygen atoms in total. The third-order valence-corrected chi connectivity index (χ3v) is 9.97. The number of methoxy groups -OCH3 is 1. The van der Waals surface area contributed by atoms with Crippen molar-refractivity contribution in [2.75, 3.05) is 12.0 Å². The monoisotopic (exact) mass is 382 g/mol. The molecule has 1 unspecified atom stereocenters. The second-order valence-corrected chi connectivity index (χ2v) is 11.5. The van der Waals surface area contributed by atoms with Crippen molar-refractivity contribution >= 4 is 36.6 Å². The van der Waals surface area contributed by atoms with Gasteiger partial charge in [-0.3, -0.25) is 0 Å². The van der Waals surface area contributed by atoms with Gasteiger partial charge in [0.15, 0.2) is 0 Å². The Balaban J connectivity index is 1.99. The number of alkyl halides is 3. The van der Waals surface area contributed by atoms with E-state index >= 15 is 0 Å². The Labute approximate surface area is 126 Å². The molecule has 0 N–H and O–H groups in total. The molecule has 1 atom stereocenters. The standard InChI is InChI=1S/C17H19IO2/c1-18-11-13-8-7-12-5-3-4-6-15(12)16(13)9-14(18)10-17(19)20-2/h3-8,14H,9-11H2,1-2H3. The third kappa shape index (κ3) is 2.55. The number of halogens is 1. The molecular weight excluding hydrogens is 363 g/mol. The average Bonchev–Trinajstić information content (AvgIpc) is 2.48. The molecule has 1 heterocycles. The maximum atomic E-state index is 11.6. The topological polar surface area (TPSA) is 26.3 Å². The number of carbonyl (C=O) groups excluding carboxylic acids is 1. The number of benzene rings is 2. The van der Waals surface area contributed by atoms with Crippen molar-refractivity contribution in [1.82, 2.24) is 0 Å². The van der Waals surface area contributed by atoms with Gasteiger partial charge in [0.2, 0.25) is 0 Å². The van der Waals surface area contributed by atoms with Crippen LogP contribution in [0.4, 0.5) is 0 Å². The molecule has 2 aromatic carbocycles. The van der Waals surface area contributed by atoms with Crippen LogP contribution in [0.15, 0.2) is 36.4 Å². The van der Waals surface area contributed by atoms with E-state index in [0.29, 0.717) is 10.3 Å². The zero-order valence-corrected chi connectivity index (χ0v) is 14.0. The Morgan fingerprint density at radius 3 is 2.90 bits per heavy atom. The molecular formula is C17H19IO2. The molecule has 106 valence electrons. The fourth-order valence-electron chi connectivity index (χ4n) is 2.90. The number of rotatable bonds is 2. The molecule has 0 bridgehead atoms.